The molecule has 1 heterocycles. The molecule has 0 spiro atoms. The maximum absolute atomic E-state index is 5.93. The van der Waals surface area contributed by atoms with E-state index in [1.54, 1.807) is 0 Å². The summed E-state index contributed by atoms with van der Waals surface area (Å²) in [6.07, 6.45) is 4.86. The molecule has 2 N–H and O–H groups in total. The Morgan fingerprint density at radius 1 is 1.40 bits per heavy atom. The molecule has 0 aliphatic heterocycles. The van der Waals surface area contributed by atoms with E-state index in [2.05, 4.69) is 16.9 Å². The molecule has 2 aromatic rings. The van der Waals surface area contributed by atoms with E-state index in [1.807, 2.05) is 49.4 Å². The quantitative estimate of drug-likeness (QED) is 0.822. The summed E-state index contributed by atoms with van der Waals surface area (Å²) in [5.41, 5.74) is 8.85. The van der Waals surface area contributed by atoms with Crippen molar-refractivity contribution in [3.8, 4) is 5.75 Å². The van der Waals surface area contributed by atoms with Gasteiger partial charge in [-0.15, -0.1) is 0 Å². The van der Waals surface area contributed by atoms with E-state index in [4.69, 9.17) is 10.5 Å². The summed E-state index contributed by atoms with van der Waals surface area (Å²) in [5.74, 6) is 0.752. The Morgan fingerprint density at radius 2 is 2.20 bits per heavy atom. The highest BCUT2D eigenvalue weighted by Gasteiger charge is 2.07. The van der Waals surface area contributed by atoms with Crippen LogP contribution < -0.4 is 15.4 Å². The number of nitrogens with zero attached hydrogens (tertiary/aromatic N) is 3. The molecule has 108 valence electrons. The number of hydrogen-bond donors (Lipinski definition) is 1. The SMILES string of the molecule is CCCOc1cc(N(C)Cc2cnn(C)c2)ccc1N. The second-order valence-corrected chi connectivity index (χ2v) is 4.95. The van der Waals surface area contributed by atoms with Gasteiger partial charge in [0.05, 0.1) is 18.5 Å². The lowest BCUT2D eigenvalue weighted by Crippen LogP contribution is -2.16. The molecule has 0 saturated carbocycles. The lowest BCUT2D eigenvalue weighted by atomic mass is 10.2. The fourth-order valence-electron chi connectivity index (χ4n) is 2.02. The van der Waals surface area contributed by atoms with Gasteiger partial charge in [-0.25, -0.2) is 0 Å². The average Bonchev–Trinajstić information content (AvgIpc) is 2.83. The van der Waals surface area contributed by atoms with Crippen molar-refractivity contribution in [3.05, 3.63) is 36.2 Å². The van der Waals surface area contributed by atoms with E-state index in [0.717, 1.165) is 24.4 Å². The van der Waals surface area contributed by atoms with Gasteiger partial charge in [-0.05, 0) is 18.6 Å². The maximum atomic E-state index is 5.93. The van der Waals surface area contributed by atoms with E-state index in [9.17, 15) is 0 Å². The van der Waals surface area contributed by atoms with Crippen LogP contribution in [-0.2, 0) is 13.6 Å². The van der Waals surface area contributed by atoms with Gasteiger partial charge in [0, 0.05) is 44.2 Å². The van der Waals surface area contributed by atoms with Crippen LogP contribution in [-0.4, -0.2) is 23.4 Å². The van der Waals surface area contributed by atoms with E-state index < -0.39 is 0 Å². The van der Waals surface area contributed by atoms with E-state index in [-0.39, 0.29) is 0 Å². The van der Waals surface area contributed by atoms with Crippen LogP contribution in [0.5, 0.6) is 5.75 Å². The third kappa shape index (κ3) is 3.44. The molecule has 0 radical (unpaired) electrons. The number of rotatable bonds is 6. The normalized spacial score (nSPS) is 10.6. The van der Waals surface area contributed by atoms with E-state index in [0.29, 0.717) is 12.3 Å². The van der Waals surface area contributed by atoms with Gasteiger partial charge in [-0.3, -0.25) is 4.68 Å². The highest BCUT2D eigenvalue weighted by Crippen LogP contribution is 2.28. The van der Waals surface area contributed by atoms with Crippen molar-refractivity contribution in [3.63, 3.8) is 0 Å². The first-order chi connectivity index (χ1) is 9.60. The van der Waals surface area contributed by atoms with Gasteiger partial charge in [-0.1, -0.05) is 6.92 Å². The van der Waals surface area contributed by atoms with Crippen molar-refractivity contribution in [1.29, 1.82) is 0 Å². The Kier molecular flexibility index (Phi) is 4.50. The first kappa shape index (κ1) is 14.2. The minimum Gasteiger partial charge on any atom is -0.491 e. The zero-order valence-electron chi connectivity index (χ0n) is 12.3. The Bertz CT molecular complexity index is 565. The van der Waals surface area contributed by atoms with Gasteiger partial charge in [-0.2, -0.15) is 5.10 Å². The van der Waals surface area contributed by atoms with Crippen LogP contribution in [0.15, 0.2) is 30.6 Å². The number of hydrogen-bond acceptors (Lipinski definition) is 4. The van der Waals surface area contributed by atoms with Gasteiger partial charge in [0.2, 0.25) is 0 Å². The Labute approximate surface area is 119 Å². The number of benzene rings is 1. The summed E-state index contributed by atoms with van der Waals surface area (Å²) in [4.78, 5) is 2.15. The van der Waals surface area contributed by atoms with Gasteiger partial charge < -0.3 is 15.4 Å². The second-order valence-electron chi connectivity index (χ2n) is 4.95. The molecule has 0 aliphatic carbocycles. The van der Waals surface area contributed by atoms with Gasteiger partial charge >= 0.3 is 0 Å². The molecule has 0 fully saturated rings. The number of aromatic nitrogens is 2. The molecule has 1 aromatic carbocycles. The zero-order valence-corrected chi connectivity index (χ0v) is 12.3. The summed E-state index contributed by atoms with van der Waals surface area (Å²) >= 11 is 0. The number of nitrogens with two attached hydrogens (primary N) is 1. The summed E-state index contributed by atoms with van der Waals surface area (Å²) in [5, 5.41) is 4.18. The third-order valence-corrected chi connectivity index (χ3v) is 3.08. The number of anilines is 2. The minimum absolute atomic E-state index is 0.678. The van der Waals surface area contributed by atoms with E-state index in [1.165, 1.54) is 5.56 Å². The van der Waals surface area contributed by atoms with Crippen LogP contribution in [0.25, 0.3) is 0 Å². The molecular formula is C15H22N4O. The second kappa shape index (κ2) is 6.32. The number of nitrogen functional groups attached to an aromatic ring is 1. The molecule has 0 bridgehead atoms. The molecule has 0 atom stereocenters. The molecule has 5 heteroatoms. The number of ether oxygens (including phenoxy) is 1. The topological polar surface area (TPSA) is 56.3 Å². The van der Waals surface area contributed by atoms with Crippen LogP contribution in [0.3, 0.4) is 0 Å². The number of aryl methyl sites for hydroxylation is 1. The molecule has 5 nitrogen and oxygen atoms in total. The van der Waals surface area contributed by atoms with Crippen molar-refractivity contribution in [2.75, 3.05) is 24.3 Å². The molecule has 1 aromatic heterocycles. The minimum atomic E-state index is 0.678. The smallest absolute Gasteiger partial charge is 0.144 e. The lowest BCUT2D eigenvalue weighted by molar-refractivity contribution is 0.319. The molecule has 0 aliphatic rings. The predicted molar refractivity (Wildman–Crippen MR) is 82.0 cm³/mol. The van der Waals surface area contributed by atoms with Crippen molar-refractivity contribution in [2.45, 2.75) is 19.9 Å². The maximum Gasteiger partial charge on any atom is 0.144 e. The molecule has 0 saturated heterocycles. The average molecular weight is 274 g/mol. The Balaban J connectivity index is 2.10. The predicted octanol–water partition coefficient (Wildman–Crippen LogP) is 2.43. The zero-order chi connectivity index (χ0) is 14.5. The molecule has 0 amide bonds. The van der Waals surface area contributed by atoms with Crippen LogP contribution in [0, 0.1) is 0 Å². The fourth-order valence-corrected chi connectivity index (χ4v) is 2.02. The van der Waals surface area contributed by atoms with Gasteiger partial charge in [0.15, 0.2) is 0 Å². The Morgan fingerprint density at radius 3 is 2.85 bits per heavy atom. The standard InChI is InChI=1S/C15H22N4O/c1-4-7-20-15-8-13(5-6-14(15)16)18(2)10-12-9-17-19(3)11-12/h5-6,8-9,11H,4,7,10,16H2,1-3H3. The summed E-state index contributed by atoms with van der Waals surface area (Å²) in [7, 11) is 3.96. The molecule has 2 rings (SSSR count). The van der Waals surface area contributed by atoms with Crippen molar-refractivity contribution >= 4 is 11.4 Å². The van der Waals surface area contributed by atoms with Crippen LogP contribution in [0.2, 0.25) is 0 Å². The van der Waals surface area contributed by atoms with Crippen LogP contribution in [0.4, 0.5) is 11.4 Å². The van der Waals surface area contributed by atoms with Crippen LogP contribution >= 0.6 is 0 Å². The highest BCUT2D eigenvalue weighted by molar-refractivity contribution is 5.62. The van der Waals surface area contributed by atoms with Crippen LogP contribution in [0.1, 0.15) is 18.9 Å². The highest BCUT2D eigenvalue weighted by atomic mass is 16.5. The van der Waals surface area contributed by atoms with E-state index >= 15 is 0 Å². The van der Waals surface area contributed by atoms with Gasteiger partial charge in [0.25, 0.3) is 0 Å². The first-order valence-electron chi connectivity index (χ1n) is 6.81. The molecule has 20 heavy (non-hydrogen) atoms. The molecule has 0 unspecified atom stereocenters. The third-order valence-electron chi connectivity index (χ3n) is 3.08. The van der Waals surface area contributed by atoms with Crippen molar-refractivity contribution in [2.24, 2.45) is 7.05 Å². The largest absolute Gasteiger partial charge is 0.491 e. The summed E-state index contributed by atoms with van der Waals surface area (Å²) in [6.45, 7) is 3.56. The molecular weight excluding hydrogens is 252 g/mol. The first-order valence-corrected chi connectivity index (χ1v) is 6.81. The lowest BCUT2D eigenvalue weighted by Gasteiger charge is -2.20. The summed E-state index contributed by atoms with van der Waals surface area (Å²) < 4.78 is 7.47. The van der Waals surface area contributed by atoms with Crippen molar-refractivity contribution in [1.82, 2.24) is 9.78 Å². The monoisotopic (exact) mass is 274 g/mol. The fraction of sp³-hybridized carbons (Fsp3) is 0.400. The van der Waals surface area contributed by atoms with Crippen molar-refractivity contribution < 1.29 is 4.74 Å². The summed E-state index contributed by atoms with van der Waals surface area (Å²) in [6, 6.07) is 5.88. The van der Waals surface area contributed by atoms with Gasteiger partial charge in [0.1, 0.15) is 5.75 Å². The Hall–Kier alpha value is -2.17.